The van der Waals surface area contributed by atoms with E-state index < -0.39 is 0 Å². The van der Waals surface area contributed by atoms with Gasteiger partial charge in [-0.2, -0.15) is 5.10 Å². The van der Waals surface area contributed by atoms with Gasteiger partial charge in [-0.25, -0.2) is 4.68 Å². The van der Waals surface area contributed by atoms with Crippen LogP contribution in [0.3, 0.4) is 0 Å². The average Bonchev–Trinajstić information content (AvgIpc) is 3.08. The molecule has 0 atom stereocenters. The Labute approximate surface area is 182 Å². The van der Waals surface area contributed by atoms with Gasteiger partial charge in [0, 0.05) is 12.6 Å². The highest BCUT2D eigenvalue weighted by molar-refractivity contribution is 5.91. The molecule has 1 saturated heterocycles. The largest absolute Gasteiger partial charge is 0.320 e. The first-order valence-corrected chi connectivity index (χ1v) is 10.4. The lowest BCUT2D eigenvalue weighted by Crippen LogP contribution is -2.39. The SMILES string of the molecule is CNCCC1CCN(CC(=O)Nc2ccnn2CC2CCCCC2)CC1.Cl.Cl. The lowest BCUT2D eigenvalue weighted by Gasteiger charge is -2.31. The summed E-state index contributed by atoms with van der Waals surface area (Å²) in [6, 6.07) is 1.92. The van der Waals surface area contributed by atoms with Gasteiger partial charge in [-0.15, -0.1) is 24.8 Å². The van der Waals surface area contributed by atoms with Gasteiger partial charge in [0.05, 0.1) is 12.7 Å². The predicted molar refractivity (Wildman–Crippen MR) is 120 cm³/mol. The van der Waals surface area contributed by atoms with Gasteiger partial charge in [0.25, 0.3) is 0 Å². The third kappa shape index (κ3) is 7.90. The molecule has 8 heteroatoms. The molecule has 0 radical (unpaired) electrons. The van der Waals surface area contributed by atoms with Crippen LogP contribution in [-0.4, -0.2) is 53.8 Å². The number of nitrogens with one attached hydrogen (secondary N) is 2. The second kappa shape index (κ2) is 13.4. The molecule has 1 aliphatic carbocycles. The second-order valence-electron chi connectivity index (χ2n) is 8.06. The van der Waals surface area contributed by atoms with Crippen LogP contribution in [-0.2, 0) is 11.3 Å². The van der Waals surface area contributed by atoms with Crippen molar-refractivity contribution in [1.82, 2.24) is 20.0 Å². The summed E-state index contributed by atoms with van der Waals surface area (Å²) in [5, 5.41) is 10.7. The van der Waals surface area contributed by atoms with Crippen LogP contribution in [0.1, 0.15) is 51.4 Å². The van der Waals surface area contributed by atoms with Gasteiger partial charge < -0.3 is 10.6 Å². The van der Waals surface area contributed by atoms with Crippen molar-refractivity contribution in [2.24, 2.45) is 11.8 Å². The Bertz CT molecular complexity index is 555. The zero-order valence-electron chi connectivity index (χ0n) is 17.1. The monoisotopic (exact) mass is 433 g/mol. The molecule has 28 heavy (non-hydrogen) atoms. The van der Waals surface area contributed by atoms with E-state index in [9.17, 15) is 4.79 Å². The smallest absolute Gasteiger partial charge is 0.239 e. The quantitative estimate of drug-likeness (QED) is 0.657. The van der Waals surface area contributed by atoms with E-state index in [1.165, 1.54) is 51.4 Å². The van der Waals surface area contributed by atoms with Gasteiger partial charge in [-0.1, -0.05) is 19.3 Å². The molecule has 0 aromatic carbocycles. The van der Waals surface area contributed by atoms with Crippen molar-refractivity contribution < 1.29 is 4.79 Å². The highest BCUT2D eigenvalue weighted by Crippen LogP contribution is 2.26. The van der Waals surface area contributed by atoms with Crippen molar-refractivity contribution in [2.45, 2.75) is 57.9 Å². The number of carbonyl (C=O) groups excluding carboxylic acids is 1. The van der Waals surface area contributed by atoms with Gasteiger partial charge in [-0.3, -0.25) is 9.69 Å². The van der Waals surface area contributed by atoms with Crippen LogP contribution >= 0.6 is 24.8 Å². The van der Waals surface area contributed by atoms with E-state index in [-0.39, 0.29) is 30.7 Å². The molecule has 1 saturated carbocycles. The molecule has 6 nitrogen and oxygen atoms in total. The lowest BCUT2D eigenvalue weighted by atomic mass is 9.89. The zero-order valence-corrected chi connectivity index (χ0v) is 18.7. The minimum atomic E-state index is 0. The van der Waals surface area contributed by atoms with Crippen molar-refractivity contribution in [2.75, 3.05) is 38.5 Å². The minimum Gasteiger partial charge on any atom is -0.320 e. The topological polar surface area (TPSA) is 62.2 Å². The molecule has 1 aromatic rings. The summed E-state index contributed by atoms with van der Waals surface area (Å²) < 4.78 is 1.98. The molecule has 1 aliphatic heterocycles. The molecule has 2 heterocycles. The van der Waals surface area contributed by atoms with E-state index in [0.29, 0.717) is 12.5 Å². The molecule has 0 spiro atoms. The molecule has 3 rings (SSSR count). The molecule has 1 aromatic heterocycles. The number of likely N-dealkylation sites (tertiary alicyclic amines) is 1. The number of hydrogen-bond donors (Lipinski definition) is 2. The fraction of sp³-hybridized carbons (Fsp3) is 0.800. The van der Waals surface area contributed by atoms with E-state index in [2.05, 4.69) is 20.6 Å². The number of amides is 1. The molecule has 2 aliphatic rings. The summed E-state index contributed by atoms with van der Waals surface area (Å²) >= 11 is 0. The first kappa shape index (κ1) is 25.2. The van der Waals surface area contributed by atoms with Crippen molar-refractivity contribution in [3.63, 3.8) is 0 Å². The maximum Gasteiger partial charge on any atom is 0.239 e. The number of aromatic nitrogens is 2. The minimum absolute atomic E-state index is 0. The Kier molecular flexibility index (Phi) is 12.1. The zero-order chi connectivity index (χ0) is 18.2. The van der Waals surface area contributed by atoms with Crippen LogP contribution < -0.4 is 10.6 Å². The number of halogens is 2. The maximum absolute atomic E-state index is 12.5. The number of nitrogens with zero attached hydrogens (tertiary/aromatic N) is 3. The highest BCUT2D eigenvalue weighted by atomic mass is 35.5. The molecule has 1 amide bonds. The molecule has 2 N–H and O–H groups in total. The first-order chi connectivity index (χ1) is 12.7. The fourth-order valence-corrected chi connectivity index (χ4v) is 4.37. The van der Waals surface area contributed by atoms with Crippen LogP contribution in [0.15, 0.2) is 12.3 Å². The van der Waals surface area contributed by atoms with E-state index in [0.717, 1.165) is 37.9 Å². The van der Waals surface area contributed by atoms with Crippen LogP contribution in [0.2, 0.25) is 0 Å². The Morgan fingerprint density at radius 1 is 1.11 bits per heavy atom. The summed E-state index contributed by atoms with van der Waals surface area (Å²) in [6.45, 7) is 4.58. The Morgan fingerprint density at radius 2 is 1.82 bits per heavy atom. The van der Waals surface area contributed by atoms with Gasteiger partial charge in [0.2, 0.25) is 5.91 Å². The Hall–Kier alpha value is -0.820. The van der Waals surface area contributed by atoms with E-state index in [4.69, 9.17) is 0 Å². The average molecular weight is 434 g/mol. The van der Waals surface area contributed by atoms with E-state index >= 15 is 0 Å². The van der Waals surface area contributed by atoms with Gasteiger partial charge in [0.15, 0.2) is 0 Å². The van der Waals surface area contributed by atoms with Crippen molar-refractivity contribution in [3.05, 3.63) is 12.3 Å². The third-order valence-electron chi connectivity index (χ3n) is 6.02. The summed E-state index contributed by atoms with van der Waals surface area (Å²) in [6.07, 6.45) is 12.1. The maximum atomic E-state index is 12.5. The van der Waals surface area contributed by atoms with Crippen molar-refractivity contribution in [1.29, 1.82) is 0 Å². The number of rotatable bonds is 8. The standard InChI is InChI=1S/C20H35N5O.2ClH/c1-21-11-7-17-9-13-24(14-10-17)16-20(26)23-19-8-12-22-25(19)15-18-5-3-2-4-6-18;;/h8,12,17-18,21H,2-7,9-11,13-16H2,1H3,(H,23,26);2*1H. The summed E-state index contributed by atoms with van der Waals surface area (Å²) in [5.41, 5.74) is 0. The Morgan fingerprint density at radius 3 is 2.50 bits per heavy atom. The normalized spacial score (nSPS) is 18.9. The lowest BCUT2D eigenvalue weighted by molar-refractivity contribution is -0.117. The molecule has 0 bridgehead atoms. The van der Waals surface area contributed by atoms with Crippen LogP contribution in [0, 0.1) is 11.8 Å². The molecule has 0 unspecified atom stereocenters. The van der Waals surface area contributed by atoms with Crippen molar-refractivity contribution in [3.8, 4) is 0 Å². The highest BCUT2D eigenvalue weighted by Gasteiger charge is 2.21. The molecule has 162 valence electrons. The Balaban J connectivity index is 0.00000196. The van der Waals surface area contributed by atoms with Crippen LogP contribution in [0.25, 0.3) is 0 Å². The fourth-order valence-electron chi connectivity index (χ4n) is 4.37. The van der Waals surface area contributed by atoms with Gasteiger partial charge >= 0.3 is 0 Å². The van der Waals surface area contributed by atoms with Crippen LogP contribution in [0.5, 0.6) is 0 Å². The van der Waals surface area contributed by atoms with Gasteiger partial charge in [-0.05, 0) is 70.6 Å². The predicted octanol–water partition coefficient (Wildman–Crippen LogP) is 3.57. The molecular weight excluding hydrogens is 397 g/mol. The summed E-state index contributed by atoms with van der Waals surface area (Å²) in [4.78, 5) is 14.8. The third-order valence-corrected chi connectivity index (χ3v) is 6.02. The van der Waals surface area contributed by atoms with E-state index in [1.54, 1.807) is 6.20 Å². The molecular formula is C20H37Cl2N5O. The summed E-state index contributed by atoms with van der Waals surface area (Å²) in [5.74, 6) is 2.45. The number of carbonyl (C=O) groups is 1. The number of anilines is 1. The molecule has 2 fully saturated rings. The number of piperidine rings is 1. The van der Waals surface area contributed by atoms with E-state index in [1.807, 2.05) is 17.8 Å². The second-order valence-corrected chi connectivity index (χ2v) is 8.06. The first-order valence-electron chi connectivity index (χ1n) is 10.4. The van der Waals surface area contributed by atoms with Crippen LogP contribution in [0.4, 0.5) is 5.82 Å². The van der Waals surface area contributed by atoms with Crippen molar-refractivity contribution >= 4 is 36.5 Å². The number of hydrogen-bond acceptors (Lipinski definition) is 4. The summed E-state index contributed by atoms with van der Waals surface area (Å²) in [7, 11) is 2.01. The van der Waals surface area contributed by atoms with Gasteiger partial charge in [0.1, 0.15) is 5.82 Å².